The molecule has 5 nitrogen and oxygen atoms in total. The Labute approximate surface area is 153 Å². The van der Waals surface area contributed by atoms with Crippen LogP contribution in [0.15, 0.2) is 70.2 Å². The van der Waals surface area contributed by atoms with E-state index in [4.69, 9.17) is 4.42 Å². The lowest BCUT2D eigenvalue weighted by Gasteiger charge is -2.17. The first-order chi connectivity index (χ1) is 12.5. The summed E-state index contributed by atoms with van der Waals surface area (Å²) >= 11 is 0. The summed E-state index contributed by atoms with van der Waals surface area (Å²) in [6, 6.07) is 16.9. The van der Waals surface area contributed by atoms with E-state index in [2.05, 4.69) is 17.1 Å². The molecule has 1 aliphatic heterocycles. The lowest BCUT2D eigenvalue weighted by Crippen LogP contribution is -2.28. The predicted octanol–water partition coefficient (Wildman–Crippen LogP) is 3.83. The molecule has 2 heterocycles. The smallest absolute Gasteiger partial charge is 0.243 e. The topological polar surface area (TPSA) is 63.4 Å². The highest BCUT2D eigenvalue weighted by Gasteiger charge is 2.33. The summed E-state index contributed by atoms with van der Waals surface area (Å²) in [5, 5.41) is 0. The van der Waals surface area contributed by atoms with Crippen molar-refractivity contribution >= 4 is 10.0 Å². The third-order valence-electron chi connectivity index (χ3n) is 4.83. The van der Waals surface area contributed by atoms with Gasteiger partial charge in [0.1, 0.15) is 12.0 Å². The molecule has 1 aliphatic rings. The average Bonchev–Trinajstić information content (AvgIpc) is 3.32. The monoisotopic (exact) mass is 368 g/mol. The van der Waals surface area contributed by atoms with Crippen molar-refractivity contribution in [3.05, 3.63) is 72.3 Å². The van der Waals surface area contributed by atoms with Crippen LogP contribution >= 0.6 is 0 Å². The summed E-state index contributed by atoms with van der Waals surface area (Å²) in [5.41, 5.74) is 2.74. The summed E-state index contributed by atoms with van der Waals surface area (Å²) in [6.45, 7) is 2.85. The molecule has 1 fully saturated rings. The maximum Gasteiger partial charge on any atom is 0.243 e. The molecule has 0 unspecified atom stereocenters. The van der Waals surface area contributed by atoms with Gasteiger partial charge in [-0.1, -0.05) is 42.5 Å². The van der Waals surface area contributed by atoms with Crippen LogP contribution in [-0.2, 0) is 10.0 Å². The number of oxazole rings is 1. The zero-order chi connectivity index (χ0) is 18.1. The summed E-state index contributed by atoms with van der Waals surface area (Å²) in [6.07, 6.45) is 2.42. The molecule has 0 bridgehead atoms. The average molecular weight is 368 g/mol. The number of sulfonamides is 1. The van der Waals surface area contributed by atoms with Crippen molar-refractivity contribution < 1.29 is 12.8 Å². The van der Waals surface area contributed by atoms with Crippen LogP contribution in [0.2, 0.25) is 0 Å². The molecule has 1 aromatic heterocycles. The zero-order valence-electron chi connectivity index (χ0n) is 14.5. The van der Waals surface area contributed by atoms with Gasteiger partial charge in [-0.25, -0.2) is 13.4 Å². The Morgan fingerprint density at radius 3 is 2.46 bits per heavy atom. The Bertz CT molecular complexity index is 995. The molecule has 0 spiro atoms. The fourth-order valence-corrected chi connectivity index (χ4v) is 4.89. The number of hydrogen-bond donors (Lipinski definition) is 0. The van der Waals surface area contributed by atoms with Crippen molar-refractivity contribution in [2.24, 2.45) is 0 Å². The van der Waals surface area contributed by atoms with Gasteiger partial charge in [-0.2, -0.15) is 4.31 Å². The van der Waals surface area contributed by atoms with Crippen LogP contribution in [0.5, 0.6) is 0 Å². The molecule has 0 radical (unpaired) electrons. The summed E-state index contributed by atoms with van der Waals surface area (Å²) < 4.78 is 32.7. The third-order valence-corrected chi connectivity index (χ3v) is 6.71. The molecule has 0 saturated carbocycles. The van der Waals surface area contributed by atoms with E-state index < -0.39 is 10.0 Å². The van der Waals surface area contributed by atoms with E-state index in [9.17, 15) is 8.42 Å². The van der Waals surface area contributed by atoms with Crippen LogP contribution in [0.25, 0.3) is 11.3 Å². The normalized spacial score (nSPS) is 18.3. The van der Waals surface area contributed by atoms with E-state index in [1.807, 2.05) is 18.2 Å². The van der Waals surface area contributed by atoms with Crippen LogP contribution in [0.1, 0.15) is 23.8 Å². The number of hydrogen-bond acceptors (Lipinski definition) is 4. The van der Waals surface area contributed by atoms with Crippen molar-refractivity contribution in [3.63, 3.8) is 0 Å². The highest BCUT2D eigenvalue weighted by Crippen LogP contribution is 2.31. The molecule has 134 valence electrons. The number of aromatic nitrogens is 1. The van der Waals surface area contributed by atoms with Gasteiger partial charge in [-0.15, -0.1) is 0 Å². The quantitative estimate of drug-likeness (QED) is 0.702. The first kappa shape index (κ1) is 17.0. The standard InChI is InChI=1S/C20H20N2O3S/c1-15-21-20(14-25-15)17-7-9-19(10-8-17)26(23,24)22-12-11-18(13-22)16-5-3-2-4-6-16/h2-10,14,18H,11-13H2,1H3/t18-/m1/s1. The van der Waals surface area contributed by atoms with E-state index in [0.29, 0.717) is 29.6 Å². The van der Waals surface area contributed by atoms with E-state index in [-0.39, 0.29) is 5.92 Å². The second kappa shape index (κ2) is 6.70. The minimum atomic E-state index is -3.48. The number of aryl methyl sites for hydroxylation is 1. The van der Waals surface area contributed by atoms with E-state index in [1.54, 1.807) is 41.8 Å². The largest absolute Gasteiger partial charge is 0.449 e. The second-order valence-electron chi connectivity index (χ2n) is 6.54. The lowest BCUT2D eigenvalue weighted by atomic mass is 9.99. The summed E-state index contributed by atoms with van der Waals surface area (Å²) in [5.74, 6) is 0.837. The van der Waals surface area contributed by atoms with E-state index >= 15 is 0 Å². The van der Waals surface area contributed by atoms with Crippen LogP contribution in [0.4, 0.5) is 0 Å². The predicted molar refractivity (Wildman–Crippen MR) is 99.2 cm³/mol. The van der Waals surface area contributed by atoms with Crippen molar-refractivity contribution in [2.45, 2.75) is 24.2 Å². The van der Waals surface area contributed by atoms with Crippen LogP contribution in [0, 0.1) is 6.92 Å². The van der Waals surface area contributed by atoms with Crippen LogP contribution < -0.4 is 0 Å². The molecule has 0 amide bonds. The molecule has 2 aromatic carbocycles. The molecular weight excluding hydrogens is 348 g/mol. The van der Waals surface area contributed by atoms with Crippen molar-refractivity contribution in [3.8, 4) is 11.3 Å². The molecular formula is C20H20N2O3S. The van der Waals surface area contributed by atoms with Crippen molar-refractivity contribution in [2.75, 3.05) is 13.1 Å². The number of benzene rings is 2. The van der Waals surface area contributed by atoms with Gasteiger partial charge in [0.15, 0.2) is 5.89 Å². The minimum Gasteiger partial charge on any atom is -0.449 e. The first-order valence-corrected chi connectivity index (χ1v) is 10.1. The molecule has 0 aliphatic carbocycles. The van der Waals surface area contributed by atoms with Crippen molar-refractivity contribution in [1.29, 1.82) is 0 Å². The molecule has 4 rings (SSSR count). The number of rotatable bonds is 4. The zero-order valence-corrected chi connectivity index (χ0v) is 15.3. The summed E-state index contributed by atoms with van der Waals surface area (Å²) in [4.78, 5) is 4.58. The first-order valence-electron chi connectivity index (χ1n) is 8.62. The van der Waals surface area contributed by atoms with Gasteiger partial charge in [0.2, 0.25) is 10.0 Å². The second-order valence-corrected chi connectivity index (χ2v) is 8.47. The molecule has 3 aromatic rings. The Morgan fingerprint density at radius 2 is 1.81 bits per heavy atom. The minimum absolute atomic E-state index is 0.253. The van der Waals surface area contributed by atoms with Crippen LogP contribution in [-0.4, -0.2) is 30.8 Å². The lowest BCUT2D eigenvalue weighted by molar-refractivity contribution is 0.473. The molecule has 26 heavy (non-hydrogen) atoms. The molecule has 1 saturated heterocycles. The Morgan fingerprint density at radius 1 is 1.08 bits per heavy atom. The highest BCUT2D eigenvalue weighted by atomic mass is 32.2. The maximum absolute atomic E-state index is 13.0. The van der Waals surface area contributed by atoms with Gasteiger partial charge in [-0.05, 0) is 30.0 Å². The van der Waals surface area contributed by atoms with Gasteiger partial charge >= 0.3 is 0 Å². The fraction of sp³-hybridized carbons (Fsp3) is 0.250. The number of nitrogens with zero attached hydrogens (tertiary/aromatic N) is 2. The maximum atomic E-state index is 13.0. The Kier molecular flexibility index (Phi) is 4.38. The molecule has 6 heteroatoms. The highest BCUT2D eigenvalue weighted by molar-refractivity contribution is 7.89. The van der Waals surface area contributed by atoms with Gasteiger partial charge < -0.3 is 4.42 Å². The SMILES string of the molecule is Cc1nc(-c2ccc(S(=O)(=O)N3CC[C@@H](c4ccccc4)C3)cc2)co1. The van der Waals surface area contributed by atoms with Crippen LogP contribution in [0.3, 0.4) is 0 Å². The fourth-order valence-electron chi connectivity index (χ4n) is 3.39. The third kappa shape index (κ3) is 3.18. The Hall–Kier alpha value is -2.44. The van der Waals surface area contributed by atoms with E-state index in [1.165, 1.54) is 5.56 Å². The van der Waals surface area contributed by atoms with Gasteiger partial charge in [0, 0.05) is 25.6 Å². The Balaban J connectivity index is 1.53. The molecule has 1 atom stereocenters. The van der Waals surface area contributed by atoms with Crippen molar-refractivity contribution in [1.82, 2.24) is 9.29 Å². The summed E-state index contributed by atoms with van der Waals surface area (Å²) in [7, 11) is -3.48. The molecule has 0 N–H and O–H groups in total. The van der Waals surface area contributed by atoms with Gasteiger partial charge in [-0.3, -0.25) is 0 Å². The van der Waals surface area contributed by atoms with E-state index in [0.717, 1.165) is 12.0 Å². The van der Waals surface area contributed by atoms with Gasteiger partial charge in [0.25, 0.3) is 0 Å². The van der Waals surface area contributed by atoms with Gasteiger partial charge in [0.05, 0.1) is 4.90 Å².